The van der Waals surface area contributed by atoms with Crippen molar-refractivity contribution >= 4 is 11.8 Å². The van der Waals surface area contributed by atoms with Gasteiger partial charge in [-0.15, -0.1) is 0 Å². The molecule has 6 heteroatoms. The minimum atomic E-state index is -0.566. The van der Waals surface area contributed by atoms with E-state index in [0.29, 0.717) is 26.0 Å². The lowest BCUT2D eigenvalue weighted by molar-refractivity contribution is -0.141. The number of rotatable bonds is 12. The van der Waals surface area contributed by atoms with Crippen LogP contribution in [-0.2, 0) is 16.1 Å². The Balaban J connectivity index is 2.03. The maximum absolute atomic E-state index is 13.3. The number of ether oxygens (including phenoxy) is 1. The second-order valence-electron chi connectivity index (χ2n) is 7.13. The summed E-state index contributed by atoms with van der Waals surface area (Å²) in [4.78, 5) is 27.3. The van der Waals surface area contributed by atoms with Gasteiger partial charge < -0.3 is 15.0 Å². The summed E-state index contributed by atoms with van der Waals surface area (Å²) < 4.78 is 18.9. The zero-order chi connectivity index (χ0) is 21.8. The molecule has 1 N–H and O–H groups in total. The van der Waals surface area contributed by atoms with Gasteiger partial charge in [0.05, 0.1) is 6.61 Å². The lowest BCUT2D eigenvalue weighted by atomic mass is 10.1. The van der Waals surface area contributed by atoms with Crippen molar-refractivity contribution in [2.75, 3.05) is 13.2 Å². The van der Waals surface area contributed by atoms with Crippen molar-refractivity contribution in [2.45, 2.75) is 52.1 Å². The van der Waals surface area contributed by atoms with Crippen LogP contribution in [0, 0.1) is 5.82 Å². The average molecular weight is 415 g/mol. The van der Waals surface area contributed by atoms with Gasteiger partial charge >= 0.3 is 0 Å². The molecule has 30 heavy (non-hydrogen) atoms. The predicted molar refractivity (Wildman–Crippen MR) is 116 cm³/mol. The van der Waals surface area contributed by atoms with E-state index >= 15 is 0 Å². The number of hydrogen-bond donors (Lipinski definition) is 1. The third kappa shape index (κ3) is 7.50. The molecule has 0 spiro atoms. The van der Waals surface area contributed by atoms with Crippen molar-refractivity contribution in [3.63, 3.8) is 0 Å². The highest BCUT2D eigenvalue weighted by Crippen LogP contribution is 2.15. The molecular weight excluding hydrogens is 383 g/mol. The van der Waals surface area contributed by atoms with Crippen LogP contribution in [-0.4, -0.2) is 35.9 Å². The topological polar surface area (TPSA) is 58.6 Å². The summed E-state index contributed by atoms with van der Waals surface area (Å²) >= 11 is 0. The van der Waals surface area contributed by atoms with E-state index in [0.717, 1.165) is 17.7 Å². The van der Waals surface area contributed by atoms with Crippen LogP contribution in [0.25, 0.3) is 0 Å². The third-order valence-corrected chi connectivity index (χ3v) is 4.75. The van der Waals surface area contributed by atoms with Gasteiger partial charge in [-0.1, -0.05) is 44.2 Å². The number of benzene rings is 2. The van der Waals surface area contributed by atoms with Crippen LogP contribution >= 0.6 is 0 Å². The Morgan fingerprint density at radius 1 is 1.07 bits per heavy atom. The van der Waals surface area contributed by atoms with Gasteiger partial charge in [0.25, 0.3) is 0 Å². The summed E-state index contributed by atoms with van der Waals surface area (Å²) in [5.74, 6) is 0.158. The first-order valence-corrected chi connectivity index (χ1v) is 10.5. The van der Waals surface area contributed by atoms with Crippen molar-refractivity contribution in [2.24, 2.45) is 0 Å². The van der Waals surface area contributed by atoms with Gasteiger partial charge in [0.15, 0.2) is 0 Å². The van der Waals surface area contributed by atoms with Crippen LogP contribution < -0.4 is 10.1 Å². The SMILES string of the molecule is CCCNC(=O)C(CC)N(Cc1ccc(F)cc1)C(=O)CCCOc1ccccc1. The van der Waals surface area contributed by atoms with Gasteiger partial charge in [-0.3, -0.25) is 9.59 Å². The first-order valence-electron chi connectivity index (χ1n) is 10.5. The molecule has 1 atom stereocenters. The number of amides is 2. The lowest BCUT2D eigenvalue weighted by Crippen LogP contribution is -2.49. The molecule has 0 aliphatic heterocycles. The molecule has 0 fully saturated rings. The fraction of sp³-hybridized carbons (Fsp3) is 0.417. The van der Waals surface area contributed by atoms with E-state index in [4.69, 9.17) is 4.74 Å². The van der Waals surface area contributed by atoms with Crippen LogP contribution in [0.3, 0.4) is 0 Å². The number of carbonyl (C=O) groups excluding carboxylic acids is 2. The van der Waals surface area contributed by atoms with E-state index in [-0.39, 0.29) is 30.6 Å². The van der Waals surface area contributed by atoms with Gasteiger partial charge in [0.2, 0.25) is 11.8 Å². The zero-order valence-corrected chi connectivity index (χ0v) is 17.8. The number of halogens is 1. The quantitative estimate of drug-likeness (QED) is 0.526. The summed E-state index contributed by atoms with van der Waals surface area (Å²) in [7, 11) is 0. The Hall–Kier alpha value is -2.89. The van der Waals surface area contributed by atoms with E-state index in [9.17, 15) is 14.0 Å². The van der Waals surface area contributed by atoms with Crippen molar-refractivity contribution < 1.29 is 18.7 Å². The molecule has 0 saturated heterocycles. The van der Waals surface area contributed by atoms with Crippen molar-refractivity contribution in [3.05, 3.63) is 66.0 Å². The number of carbonyl (C=O) groups is 2. The average Bonchev–Trinajstić information content (AvgIpc) is 2.77. The van der Waals surface area contributed by atoms with Crippen LogP contribution in [0.2, 0.25) is 0 Å². The predicted octanol–water partition coefficient (Wildman–Crippen LogP) is 4.32. The Morgan fingerprint density at radius 2 is 1.77 bits per heavy atom. The fourth-order valence-corrected chi connectivity index (χ4v) is 3.15. The maximum atomic E-state index is 13.3. The molecule has 0 heterocycles. The van der Waals surface area contributed by atoms with E-state index < -0.39 is 6.04 Å². The third-order valence-electron chi connectivity index (χ3n) is 4.75. The van der Waals surface area contributed by atoms with E-state index in [1.165, 1.54) is 12.1 Å². The lowest BCUT2D eigenvalue weighted by Gasteiger charge is -2.30. The monoisotopic (exact) mass is 414 g/mol. The number of para-hydroxylation sites is 1. The number of nitrogens with zero attached hydrogens (tertiary/aromatic N) is 1. The summed E-state index contributed by atoms with van der Waals surface area (Å²) in [6, 6.07) is 14.9. The van der Waals surface area contributed by atoms with Crippen LogP contribution in [0.4, 0.5) is 4.39 Å². The van der Waals surface area contributed by atoms with Gasteiger partial charge in [-0.2, -0.15) is 0 Å². The Morgan fingerprint density at radius 3 is 2.40 bits per heavy atom. The van der Waals surface area contributed by atoms with Crippen molar-refractivity contribution in [3.8, 4) is 5.75 Å². The Labute approximate surface area is 178 Å². The second-order valence-corrected chi connectivity index (χ2v) is 7.13. The Kier molecular flexibility index (Phi) is 9.84. The number of hydrogen-bond acceptors (Lipinski definition) is 3. The van der Waals surface area contributed by atoms with Gasteiger partial charge in [0, 0.05) is 19.5 Å². The molecule has 0 aliphatic carbocycles. The standard InChI is InChI=1S/C24H31FN2O3/c1-3-16-26-24(29)22(4-2)27(18-19-12-14-20(25)15-13-19)23(28)11-8-17-30-21-9-6-5-7-10-21/h5-7,9-10,12-15,22H,3-4,8,11,16-18H2,1-2H3,(H,26,29). The highest BCUT2D eigenvalue weighted by molar-refractivity contribution is 5.87. The molecular formula is C24H31FN2O3. The largest absolute Gasteiger partial charge is 0.494 e. The molecule has 5 nitrogen and oxygen atoms in total. The smallest absolute Gasteiger partial charge is 0.242 e. The second kappa shape index (κ2) is 12.6. The summed E-state index contributed by atoms with van der Waals surface area (Å²) in [5, 5.41) is 2.88. The molecule has 0 aliphatic rings. The summed E-state index contributed by atoms with van der Waals surface area (Å²) in [5.41, 5.74) is 0.784. The number of nitrogens with one attached hydrogen (secondary N) is 1. The molecule has 0 aromatic heterocycles. The highest BCUT2D eigenvalue weighted by atomic mass is 19.1. The molecule has 2 aromatic rings. The summed E-state index contributed by atoms with van der Waals surface area (Å²) in [6.07, 6.45) is 2.14. The van der Waals surface area contributed by atoms with Crippen molar-refractivity contribution in [1.29, 1.82) is 0 Å². The fourth-order valence-electron chi connectivity index (χ4n) is 3.15. The van der Waals surface area contributed by atoms with Crippen molar-refractivity contribution in [1.82, 2.24) is 10.2 Å². The van der Waals surface area contributed by atoms with E-state index in [1.54, 1.807) is 17.0 Å². The molecule has 162 valence electrons. The van der Waals surface area contributed by atoms with Gasteiger partial charge in [-0.05, 0) is 49.1 Å². The first-order chi connectivity index (χ1) is 14.5. The van der Waals surface area contributed by atoms with E-state index in [1.807, 2.05) is 44.2 Å². The maximum Gasteiger partial charge on any atom is 0.242 e. The molecule has 1 unspecified atom stereocenters. The summed E-state index contributed by atoms with van der Waals surface area (Å²) in [6.45, 7) is 5.11. The molecule has 0 bridgehead atoms. The van der Waals surface area contributed by atoms with Gasteiger partial charge in [-0.25, -0.2) is 4.39 Å². The van der Waals surface area contributed by atoms with Crippen LogP contribution in [0.1, 0.15) is 45.1 Å². The molecule has 0 saturated carbocycles. The van der Waals surface area contributed by atoms with Crippen LogP contribution in [0.5, 0.6) is 5.75 Å². The zero-order valence-electron chi connectivity index (χ0n) is 17.8. The minimum Gasteiger partial charge on any atom is -0.494 e. The molecule has 0 radical (unpaired) electrons. The van der Waals surface area contributed by atoms with Crippen LogP contribution in [0.15, 0.2) is 54.6 Å². The minimum absolute atomic E-state index is 0.116. The molecule has 2 amide bonds. The van der Waals surface area contributed by atoms with Gasteiger partial charge in [0.1, 0.15) is 17.6 Å². The van der Waals surface area contributed by atoms with E-state index in [2.05, 4.69) is 5.32 Å². The Bertz CT molecular complexity index is 781. The first kappa shape index (κ1) is 23.4. The highest BCUT2D eigenvalue weighted by Gasteiger charge is 2.28. The normalized spacial score (nSPS) is 11.6. The molecule has 2 aromatic carbocycles. The molecule has 2 rings (SSSR count).